The van der Waals surface area contributed by atoms with Gasteiger partial charge in [0.1, 0.15) is 17.3 Å². The molecule has 1 heterocycles. The molecule has 33 heavy (non-hydrogen) atoms. The van der Waals surface area contributed by atoms with Crippen molar-refractivity contribution < 1.29 is 22.7 Å². The van der Waals surface area contributed by atoms with Gasteiger partial charge in [-0.3, -0.25) is 9.59 Å². The number of H-pyrrole nitrogens is 1. The second kappa shape index (κ2) is 9.89. The number of halogens is 3. The number of aromatic amines is 1. The van der Waals surface area contributed by atoms with E-state index in [0.717, 1.165) is 23.8 Å². The summed E-state index contributed by atoms with van der Waals surface area (Å²) >= 11 is 0. The molecule has 9 heteroatoms. The Balaban J connectivity index is 1.80. The fourth-order valence-electron chi connectivity index (χ4n) is 3.37. The van der Waals surface area contributed by atoms with E-state index >= 15 is 0 Å². The monoisotopic (exact) mass is 459 g/mol. The zero-order valence-electron chi connectivity index (χ0n) is 18.4. The maximum Gasteiger partial charge on any atom is 0.416 e. The van der Waals surface area contributed by atoms with Crippen molar-refractivity contribution in [2.75, 3.05) is 7.11 Å². The highest BCUT2D eigenvalue weighted by Gasteiger charge is 2.30. The first-order chi connectivity index (χ1) is 15.6. The van der Waals surface area contributed by atoms with Crippen molar-refractivity contribution in [3.63, 3.8) is 0 Å². The standard InChI is InChI=1S/C24H24F3N3O3/c1-14(2)22(16-6-8-17(9-7-16)24(25,26)27)30-23(32)19-13-21(31)29-20(28-19)12-15-4-10-18(33-3)11-5-15/h4-11,13-14,22H,12H2,1-3H3,(H,30,32)(H,28,29,31)/t22-/m1/s1. The van der Waals surface area contributed by atoms with Crippen molar-refractivity contribution in [2.24, 2.45) is 5.92 Å². The zero-order valence-corrected chi connectivity index (χ0v) is 18.4. The fourth-order valence-corrected chi connectivity index (χ4v) is 3.37. The summed E-state index contributed by atoms with van der Waals surface area (Å²) in [6.07, 6.45) is -4.14. The van der Waals surface area contributed by atoms with E-state index in [1.54, 1.807) is 19.2 Å². The minimum absolute atomic E-state index is 0.0696. The smallest absolute Gasteiger partial charge is 0.416 e. The van der Waals surface area contributed by atoms with E-state index in [2.05, 4.69) is 15.3 Å². The summed E-state index contributed by atoms with van der Waals surface area (Å²) < 4.78 is 43.7. The van der Waals surface area contributed by atoms with E-state index in [4.69, 9.17) is 4.74 Å². The number of carbonyl (C=O) groups excluding carboxylic acids is 1. The van der Waals surface area contributed by atoms with E-state index in [1.165, 1.54) is 12.1 Å². The summed E-state index contributed by atoms with van der Waals surface area (Å²) in [4.78, 5) is 31.9. The molecule has 2 N–H and O–H groups in total. The van der Waals surface area contributed by atoms with E-state index < -0.39 is 29.2 Å². The van der Waals surface area contributed by atoms with Crippen molar-refractivity contribution in [1.29, 1.82) is 0 Å². The summed E-state index contributed by atoms with van der Waals surface area (Å²) in [6.45, 7) is 3.67. The van der Waals surface area contributed by atoms with Gasteiger partial charge in [0.2, 0.25) is 0 Å². The lowest BCUT2D eigenvalue weighted by Crippen LogP contribution is -2.33. The average Bonchev–Trinajstić information content (AvgIpc) is 2.76. The molecule has 0 aliphatic carbocycles. The summed E-state index contributed by atoms with van der Waals surface area (Å²) in [7, 11) is 1.56. The third kappa shape index (κ3) is 6.21. The first-order valence-electron chi connectivity index (χ1n) is 10.3. The number of aromatic nitrogens is 2. The van der Waals surface area contributed by atoms with Crippen molar-refractivity contribution in [1.82, 2.24) is 15.3 Å². The molecule has 0 fully saturated rings. The molecule has 0 aliphatic rings. The summed E-state index contributed by atoms with van der Waals surface area (Å²) in [5.74, 6) is 0.298. The third-order valence-electron chi connectivity index (χ3n) is 5.10. The predicted molar refractivity (Wildman–Crippen MR) is 117 cm³/mol. The minimum Gasteiger partial charge on any atom is -0.497 e. The number of alkyl halides is 3. The maximum absolute atomic E-state index is 12.9. The van der Waals surface area contributed by atoms with E-state index in [1.807, 2.05) is 26.0 Å². The largest absolute Gasteiger partial charge is 0.497 e. The van der Waals surface area contributed by atoms with E-state index in [9.17, 15) is 22.8 Å². The van der Waals surface area contributed by atoms with Gasteiger partial charge in [0.15, 0.2) is 0 Å². The predicted octanol–water partition coefficient (Wildman–Crippen LogP) is 4.52. The molecule has 0 radical (unpaired) electrons. The summed E-state index contributed by atoms with van der Waals surface area (Å²) in [5.41, 5.74) is 0.0737. The van der Waals surface area contributed by atoms with Crippen LogP contribution in [0.5, 0.6) is 5.75 Å². The molecular formula is C24H24F3N3O3. The summed E-state index contributed by atoms with van der Waals surface area (Å²) in [5, 5.41) is 2.79. The first kappa shape index (κ1) is 24.0. The van der Waals surface area contributed by atoms with Crippen molar-refractivity contribution in [2.45, 2.75) is 32.5 Å². The third-order valence-corrected chi connectivity index (χ3v) is 5.10. The number of nitrogens with zero attached hydrogens (tertiary/aromatic N) is 1. The molecule has 3 aromatic rings. The van der Waals surface area contributed by atoms with Gasteiger partial charge >= 0.3 is 6.18 Å². The molecule has 3 rings (SSSR count). The molecule has 0 saturated carbocycles. The first-order valence-corrected chi connectivity index (χ1v) is 10.3. The molecule has 6 nitrogen and oxygen atoms in total. The quantitative estimate of drug-likeness (QED) is 0.544. The second-order valence-corrected chi connectivity index (χ2v) is 7.92. The molecule has 0 aliphatic heterocycles. The lowest BCUT2D eigenvalue weighted by molar-refractivity contribution is -0.137. The number of carbonyl (C=O) groups is 1. The Bertz CT molecular complexity index is 1150. The Hall–Kier alpha value is -3.62. The number of ether oxygens (including phenoxy) is 1. The lowest BCUT2D eigenvalue weighted by atomic mass is 9.95. The van der Waals surface area contributed by atoms with Crippen LogP contribution in [0.3, 0.4) is 0 Å². The SMILES string of the molecule is COc1ccc(Cc2nc(C(=O)N[C@@H](c3ccc(C(F)(F)F)cc3)C(C)C)cc(=O)[nH]2)cc1. The highest BCUT2D eigenvalue weighted by atomic mass is 19.4. The highest BCUT2D eigenvalue weighted by molar-refractivity contribution is 5.92. The molecule has 0 saturated heterocycles. The van der Waals surface area contributed by atoms with Crippen LogP contribution in [-0.2, 0) is 12.6 Å². The van der Waals surface area contributed by atoms with Crippen molar-refractivity contribution in [3.05, 3.63) is 93.2 Å². The number of hydrogen-bond acceptors (Lipinski definition) is 4. The Kier molecular flexibility index (Phi) is 7.20. The highest BCUT2D eigenvalue weighted by Crippen LogP contribution is 2.31. The van der Waals surface area contributed by atoms with Crippen LogP contribution < -0.4 is 15.6 Å². The van der Waals surface area contributed by atoms with E-state index in [0.29, 0.717) is 23.6 Å². The number of benzene rings is 2. The molecule has 1 aromatic heterocycles. The lowest BCUT2D eigenvalue weighted by Gasteiger charge is -2.23. The van der Waals surface area contributed by atoms with Crippen LogP contribution in [-0.4, -0.2) is 23.0 Å². The fraction of sp³-hybridized carbons (Fsp3) is 0.292. The molecule has 174 valence electrons. The van der Waals surface area contributed by atoms with Gasteiger partial charge in [-0.15, -0.1) is 0 Å². The van der Waals surface area contributed by atoms with Gasteiger partial charge in [-0.05, 0) is 41.3 Å². The Morgan fingerprint density at radius 3 is 2.27 bits per heavy atom. The molecular weight excluding hydrogens is 435 g/mol. The number of rotatable bonds is 7. The van der Waals surface area contributed by atoms with Crippen LogP contribution in [0.25, 0.3) is 0 Å². The van der Waals surface area contributed by atoms with Crippen LogP contribution in [0.2, 0.25) is 0 Å². The Morgan fingerprint density at radius 1 is 1.09 bits per heavy atom. The van der Waals surface area contributed by atoms with Gasteiger partial charge in [0.25, 0.3) is 11.5 Å². The number of nitrogens with one attached hydrogen (secondary N) is 2. The van der Waals surface area contributed by atoms with Gasteiger partial charge in [-0.1, -0.05) is 38.1 Å². The Morgan fingerprint density at radius 2 is 1.73 bits per heavy atom. The minimum atomic E-state index is -4.44. The van der Waals surface area contributed by atoms with Crippen LogP contribution >= 0.6 is 0 Å². The number of hydrogen-bond donors (Lipinski definition) is 2. The van der Waals surface area contributed by atoms with Crippen LogP contribution in [0.15, 0.2) is 59.4 Å². The molecule has 1 amide bonds. The maximum atomic E-state index is 12.9. The van der Waals surface area contributed by atoms with Crippen LogP contribution in [0.1, 0.15) is 52.9 Å². The van der Waals surface area contributed by atoms with E-state index in [-0.39, 0.29) is 11.6 Å². The number of amides is 1. The van der Waals surface area contributed by atoms with Crippen LogP contribution in [0, 0.1) is 5.92 Å². The average molecular weight is 459 g/mol. The molecule has 0 unspecified atom stereocenters. The Labute approximate surface area is 188 Å². The number of methoxy groups -OCH3 is 1. The van der Waals surface area contributed by atoms with Crippen LogP contribution in [0.4, 0.5) is 13.2 Å². The second-order valence-electron chi connectivity index (χ2n) is 7.92. The topological polar surface area (TPSA) is 84.1 Å². The van der Waals surface area contributed by atoms with Gasteiger partial charge in [-0.25, -0.2) is 4.98 Å². The van der Waals surface area contributed by atoms with Gasteiger partial charge < -0.3 is 15.0 Å². The van der Waals surface area contributed by atoms with Gasteiger partial charge in [0.05, 0.1) is 18.7 Å². The van der Waals surface area contributed by atoms with Gasteiger partial charge in [0, 0.05) is 12.5 Å². The normalized spacial score (nSPS) is 12.5. The van der Waals surface area contributed by atoms with Crippen molar-refractivity contribution >= 4 is 5.91 Å². The molecule has 2 aromatic carbocycles. The zero-order chi connectivity index (χ0) is 24.2. The molecule has 0 bridgehead atoms. The van der Waals surface area contributed by atoms with Crippen molar-refractivity contribution in [3.8, 4) is 5.75 Å². The molecule has 1 atom stereocenters. The van der Waals surface area contributed by atoms with Gasteiger partial charge in [-0.2, -0.15) is 13.2 Å². The molecule has 0 spiro atoms. The summed E-state index contributed by atoms with van der Waals surface area (Å²) in [6, 6.07) is 12.4.